The zero-order valence-electron chi connectivity index (χ0n) is 19.2. The number of hydrogen-bond acceptors (Lipinski definition) is 2. The zero-order chi connectivity index (χ0) is 20.4. The Morgan fingerprint density at radius 2 is 1.59 bits per heavy atom. The van der Waals surface area contributed by atoms with Gasteiger partial charge in [-0.25, -0.2) is 0 Å². The van der Waals surface area contributed by atoms with Crippen molar-refractivity contribution < 1.29 is 9.22 Å². The van der Waals surface area contributed by atoms with Crippen molar-refractivity contribution in [2.24, 2.45) is 23.7 Å². The Bertz CT molecular complexity index is 513. The molecule has 0 unspecified atom stereocenters. The smallest absolute Gasteiger partial charge is 0.200 e. The monoisotopic (exact) mass is 392 g/mol. The van der Waals surface area contributed by atoms with Gasteiger partial charge in [0.1, 0.15) is 5.78 Å². The van der Waals surface area contributed by atoms with Crippen molar-refractivity contribution in [3.63, 3.8) is 0 Å². The number of rotatable bonds is 7. The fourth-order valence-electron chi connectivity index (χ4n) is 6.32. The first kappa shape index (κ1) is 22.9. The van der Waals surface area contributed by atoms with Gasteiger partial charge < -0.3 is 4.43 Å². The van der Waals surface area contributed by atoms with Crippen molar-refractivity contribution in [3.05, 3.63) is 11.6 Å². The van der Waals surface area contributed by atoms with E-state index in [9.17, 15) is 4.79 Å². The van der Waals surface area contributed by atoms with Gasteiger partial charge in [-0.05, 0) is 59.6 Å². The van der Waals surface area contributed by atoms with Crippen LogP contribution in [0.2, 0.25) is 16.6 Å². The molecule has 0 radical (unpaired) electrons. The quantitative estimate of drug-likeness (QED) is 0.339. The number of allylic oxidation sites excluding steroid dienone is 2. The Morgan fingerprint density at radius 1 is 1.00 bits per heavy atom. The molecule has 0 amide bonds. The number of hydrogen-bond donors (Lipinski definition) is 0. The summed E-state index contributed by atoms with van der Waals surface area (Å²) >= 11 is 0. The molecule has 2 nitrogen and oxygen atoms in total. The van der Waals surface area contributed by atoms with Crippen LogP contribution in [-0.2, 0) is 9.22 Å². The van der Waals surface area contributed by atoms with Crippen molar-refractivity contribution in [3.8, 4) is 0 Å². The fraction of sp³-hybridized carbons (Fsp3) is 0.875. The van der Waals surface area contributed by atoms with E-state index in [1.54, 1.807) is 5.57 Å². The molecule has 0 N–H and O–H groups in total. The third kappa shape index (κ3) is 4.78. The van der Waals surface area contributed by atoms with Crippen molar-refractivity contribution in [2.75, 3.05) is 6.61 Å². The summed E-state index contributed by atoms with van der Waals surface area (Å²) in [5.41, 5.74) is 3.51. The van der Waals surface area contributed by atoms with Crippen LogP contribution in [0.15, 0.2) is 11.6 Å². The molecule has 2 aliphatic rings. The maximum absolute atomic E-state index is 12.0. The minimum atomic E-state index is -1.81. The van der Waals surface area contributed by atoms with E-state index in [2.05, 4.69) is 61.5 Å². The number of fused-ring (bicyclic) bond motifs is 1. The minimum absolute atomic E-state index is 0.428. The van der Waals surface area contributed by atoms with E-state index < -0.39 is 8.32 Å². The highest BCUT2D eigenvalue weighted by atomic mass is 28.4. The molecule has 27 heavy (non-hydrogen) atoms. The molecular weight excluding hydrogens is 348 g/mol. The molecule has 156 valence electrons. The van der Waals surface area contributed by atoms with Crippen LogP contribution >= 0.6 is 0 Å². The van der Waals surface area contributed by atoms with Crippen LogP contribution in [0.1, 0.15) is 87.5 Å². The molecule has 0 aliphatic heterocycles. The number of carbonyl (C=O) groups is 1. The second-order valence-electron chi connectivity index (χ2n) is 10.4. The summed E-state index contributed by atoms with van der Waals surface area (Å²) in [6.07, 6.45) is 7.38. The third-order valence-electron chi connectivity index (χ3n) is 7.77. The van der Waals surface area contributed by atoms with Crippen LogP contribution in [0, 0.1) is 23.7 Å². The normalized spacial score (nSPS) is 28.3. The van der Waals surface area contributed by atoms with Crippen molar-refractivity contribution in [1.29, 1.82) is 0 Å². The van der Waals surface area contributed by atoms with Crippen LogP contribution < -0.4 is 0 Å². The highest BCUT2D eigenvalue weighted by molar-refractivity contribution is 6.77. The molecule has 4 atom stereocenters. The van der Waals surface area contributed by atoms with Gasteiger partial charge in [-0.1, -0.05) is 67.0 Å². The molecule has 0 aromatic heterocycles. The van der Waals surface area contributed by atoms with Gasteiger partial charge in [-0.15, -0.1) is 0 Å². The summed E-state index contributed by atoms with van der Waals surface area (Å²) < 4.78 is 6.93. The van der Waals surface area contributed by atoms with E-state index in [0.29, 0.717) is 46.6 Å². The molecule has 1 fully saturated rings. The van der Waals surface area contributed by atoms with Crippen molar-refractivity contribution >= 4 is 14.1 Å². The van der Waals surface area contributed by atoms with E-state index in [1.165, 1.54) is 12.8 Å². The summed E-state index contributed by atoms with van der Waals surface area (Å²) in [6, 6.07) is 0. The van der Waals surface area contributed by atoms with E-state index in [-0.39, 0.29) is 0 Å². The standard InChI is InChI=1S/C24H44O2Si/c1-16(2)27(17(3)4,18(5)6)26-15-20(8)23-12-9-19(7)22-13-10-21(25)11-14-24(22)23/h14,16-20,22-23H,9-13,15H2,1-8H3/t19-,20+,22+,23+/m1/s1. The van der Waals surface area contributed by atoms with Crippen LogP contribution in [0.3, 0.4) is 0 Å². The highest BCUT2D eigenvalue weighted by Crippen LogP contribution is 2.47. The Labute approximate surface area is 169 Å². The second-order valence-corrected chi connectivity index (χ2v) is 15.8. The lowest BCUT2D eigenvalue weighted by atomic mass is 9.66. The molecule has 2 aliphatic carbocycles. The van der Waals surface area contributed by atoms with Gasteiger partial charge in [0, 0.05) is 19.4 Å². The lowest BCUT2D eigenvalue weighted by Crippen LogP contribution is -2.49. The Balaban J connectivity index is 2.16. The zero-order valence-corrected chi connectivity index (χ0v) is 20.2. The van der Waals surface area contributed by atoms with Gasteiger partial charge >= 0.3 is 0 Å². The molecule has 1 saturated carbocycles. The number of ketones is 1. The maximum Gasteiger partial charge on any atom is 0.200 e. The van der Waals surface area contributed by atoms with Gasteiger partial charge in [-0.3, -0.25) is 4.79 Å². The maximum atomic E-state index is 12.0. The van der Waals surface area contributed by atoms with E-state index in [0.717, 1.165) is 25.4 Å². The number of carbonyl (C=O) groups excluding carboxylic acids is 1. The summed E-state index contributed by atoms with van der Waals surface area (Å²) in [4.78, 5) is 12.0. The average molecular weight is 393 g/mol. The van der Waals surface area contributed by atoms with Gasteiger partial charge in [0.25, 0.3) is 0 Å². The van der Waals surface area contributed by atoms with E-state index in [1.807, 2.05) is 0 Å². The van der Waals surface area contributed by atoms with E-state index in [4.69, 9.17) is 4.43 Å². The summed E-state index contributed by atoms with van der Waals surface area (Å²) in [5, 5.41) is 0. The topological polar surface area (TPSA) is 26.3 Å². The molecular formula is C24H44O2Si. The largest absolute Gasteiger partial charge is 0.416 e. The predicted molar refractivity (Wildman–Crippen MR) is 118 cm³/mol. The molecule has 0 saturated heterocycles. The van der Waals surface area contributed by atoms with E-state index >= 15 is 0 Å². The lowest BCUT2D eigenvalue weighted by Gasteiger charge is -2.45. The Morgan fingerprint density at radius 3 is 2.15 bits per heavy atom. The molecule has 0 aromatic carbocycles. The lowest BCUT2D eigenvalue weighted by molar-refractivity contribution is -0.118. The van der Waals surface area contributed by atoms with Gasteiger partial charge in [0.05, 0.1) is 0 Å². The first-order valence-corrected chi connectivity index (χ1v) is 13.6. The first-order chi connectivity index (χ1) is 12.6. The molecule has 0 aromatic rings. The van der Waals surface area contributed by atoms with Gasteiger partial charge in [0.2, 0.25) is 0 Å². The first-order valence-electron chi connectivity index (χ1n) is 11.5. The van der Waals surface area contributed by atoms with Crippen molar-refractivity contribution in [2.45, 2.75) is 104 Å². The molecule has 3 heteroatoms. The molecule has 0 heterocycles. The number of Topliss-reactive ketones (excluding diaryl/α,β-unsaturated/α-hetero) is 1. The average Bonchev–Trinajstić information content (AvgIpc) is 2.77. The van der Waals surface area contributed by atoms with Crippen LogP contribution in [0.5, 0.6) is 0 Å². The van der Waals surface area contributed by atoms with Crippen LogP contribution in [-0.4, -0.2) is 20.7 Å². The summed E-state index contributed by atoms with van der Waals surface area (Å²) in [7, 11) is -1.81. The van der Waals surface area contributed by atoms with Gasteiger partial charge in [0.15, 0.2) is 8.32 Å². The highest BCUT2D eigenvalue weighted by Gasteiger charge is 2.46. The Kier molecular flexibility index (Phi) is 7.95. The minimum Gasteiger partial charge on any atom is -0.416 e. The SMILES string of the molecule is CC(C)[Si](OC[C@H](C)[C@@H]1CC[C@@H](C)[C@@H]2CCC(=O)CC=C21)(C(C)C)C(C)C. The second kappa shape index (κ2) is 9.39. The Hall–Kier alpha value is -0.413. The van der Waals surface area contributed by atoms with Gasteiger partial charge in [-0.2, -0.15) is 0 Å². The molecule has 0 spiro atoms. The van der Waals surface area contributed by atoms with Crippen LogP contribution in [0.25, 0.3) is 0 Å². The third-order valence-corrected chi connectivity index (χ3v) is 13.8. The summed E-state index contributed by atoms with van der Waals surface area (Å²) in [5.74, 6) is 2.93. The summed E-state index contributed by atoms with van der Waals surface area (Å²) in [6.45, 7) is 19.9. The molecule has 0 bridgehead atoms. The van der Waals surface area contributed by atoms with Crippen molar-refractivity contribution in [1.82, 2.24) is 0 Å². The predicted octanol–water partition coefficient (Wildman–Crippen LogP) is 7.16. The fourth-order valence-corrected chi connectivity index (χ4v) is 11.9. The van der Waals surface area contributed by atoms with Crippen LogP contribution in [0.4, 0.5) is 0 Å². The molecule has 2 rings (SSSR count).